The largest absolute Gasteiger partial charge is 0.455 e. The Balaban J connectivity index is 1.44. The van der Waals surface area contributed by atoms with Crippen molar-refractivity contribution in [1.82, 2.24) is 0 Å². The Bertz CT molecular complexity index is 1790. The lowest BCUT2D eigenvalue weighted by Crippen LogP contribution is -2.32. The van der Waals surface area contributed by atoms with E-state index in [-0.39, 0.29) is 5.41 Å². The number of ether oxygens (including phenoxy) is 1. The van der Waals surface area contributed by atoms with Crippen LogP contribution in [0.4, 0.5) is 0 Å². The van der Waals surface area contributed by atoms with Crippen molar-refractivity contribution in [2.24, 2.45) is 0 Å². The Morgan fingerprint density at radius 2 is 0.696 bits per heavy atom. The zero-order chi connectivity index (χ0) is 32.0. The fourth-order valence-corrected chi connectivity index (χ4v) is 11.3. The van der Waals surface area contributed by atoms with Crippen LogP contribution in [0.3, 0.4) is 0 Å². The van der Waals surface area contributed by atoms with Gasteiger partial charge in [0.1, 0.15) is 11.5 Å². The Morgan fingerprint density at radius 1 is 0.413 bits per heavy atom. The first-order valence-corrected chi connectivity index (χ1v) is 19.0. The lowest BCUT2D eigenvalue weighted by atomic mass is 9.76. The maximum atomic E-state index is 7.25. The van der Waals surface area contributed by atoms with Gasteiger partial charge in [0.15, 0.2) is 0 Å². The smallest absolute Gasteiger partial charge is 0.139 e. The molecule has 1 heterocycles. The summed E-state index contributed by atoms with van der Waals surface area (Å²) in [6, 6.07) is 45.8. The maximum absolute atomic E-state index is 7.25. The SMILES string of the molecule is CC1(C)c2cccc(P(c3ccc(Cl)cc3)c3ccc(Cl)cc3)c2Oc2c(P(c3ccc(Cl)cc3)c3ccc(Cl)cc3)cccc21. The van der Waals surface area contributed by atoms with Gasteiger partial charge in [-0.3, -0.25) is 0 Å². The molecule has 7 rings (SSSR count). The molecule has 0 aliphatic carbocycles. The molecule has 1 aliphatic heterocycles. The highest BCUT2D eigenvalue weighted by Gasteiger charge is 2.39. The van der Waals surface area contributed by atoms with Gasteiger partial charge in [-0.15, -0.1) is 0 Å². The van der Waals surface area contributed by atoms with E-state index >= 15 is 0 Å². The van der Waals surface area contributed by atoms with Gasteiger partial charge in [0.25, 0.3) is 0 Å². The predicted molar refractivity (Wildman–Crippen MR) is 203 cm³/mol. The summed E-state index contributed by atoms with van der Waals surface area (Å²) in [7, 11) is -2.00. The number of halogens is 4. The van der Waals surface area contributed by atoms with Gasteiger partial charge in [-0.1, -0.05) is 145 Å². The molecule has 1 aliphatic rings. The third kappa shape index (κ3) is 6.00. The molecule has 0 amide bonds. The summed E-state index contributed by atoms with van der Waals surface area (Å²) < 4.78 is 7.25. The number of hydrogen-bond donors (Lipinski definition) is 0. The van der Waals surface area contributed by atoms with E-state index in [0.29, 0.717) is 20.1 Å². The van der Waals surface area contributed by atoms with Gasteiger partial charge >= 0.3 is 0 Å². The standard InChI is InChI=1S/C39H28Cl4OP2/c1-39(2)33-5-3-7-35(45(29-17-9-25(40)10-18-29)30-19-11-26(41)12-20-30)37(33)44-38-34(39)6-4-8-36(38)46(31-21-13-27(42)14-22-31)32-23-15-28(43)16-24-32/h3-24H,1-2H3. The topological polar surface area (TPSA) is 9.23 Å². The molecule has 0 unspecified atom stereocenters. The van der Waals surface area contributed by atoms with E-state index in [1.54, 1.807) is 0 Å². The minimum atomic E-state index is -1.00. The van der Waals surface area contributed by atoms with Crippen molar-refractivity contribution in [3.05, 3.63) is 165 Å². The minimum absolute atomic E-state index is 0.322. The average Bonchev–Trinajstić information content (AvgIpc) is 3.05. The van der Waals surface area contributed by atoms with Crippen molar-refractivity contribution in [2.75, 3.05) is 0 Å². The first-order valence-electron chi connectivity index (χ1n) is 14.8. The maximum Gasteiger partial charge on any atom is 0.139 e. The van der Waals surface area contributed by atoms with Crippen molar-refractivity contribution in [1.29, 1.82) is 0 Å². The molecule has 7 heteroatoms. The number of hydrogen-bond acceptors (Lipinski definition) is 1. The summed E-state index contributed by atoms with van der Waals surface area (Å²) >= 11 is 25.4. The van der Waals surface area contributed by atoms with E-state index in [0.717, 1.165) is 33.2 Å². The molecule has 0 aromatic heterocycles. The second kappa shape index (κ2) is 13.0. The van der Waals surface area contributed by atoms with Crippen molar-refractivity contribution in [2.45, 2.75) is 19.3 Å². The van der Waals surface area contributed by atoms with Gasteiger partial charge in [0.05, 0.1) is 0 Å². The highest BCUT2D eigenvalue weighted by atomic mass is 35.5. The highest BCUT2D eigenvalue weighted by Crippen LogP contribution is 2.52. The van der Waals surface area contributed by atoms with Gasteiger partial charge in [0.2, 0.25) is 0 Å². The van der Waals surface area contributed by atoms with Gasteiger partial charge in [-0.2, -0.15) is 0 Å². The van der Waals surface area contributed by atoms with Crippen molar-refractivity contribution in [3.63, 3.8) is 0 Å². The normalized spacial score (nSPS) is 13.3. The summed E-state index contributed by atoms with van der Waals surface area (Å²) in [5.41, 5.74) is 2.00. The zero-order valence-electron chi connectivity index (χ0n) is 25.0. The van der Waals surface area contributed by atoms with Crippen LogP contribution in [0.15, 0.2) is 133 Å². The monoisotopic (exact) mass is 714 g/mol. The quantitative estimate of drug-likeness (QED) is 0.156. The highest BCUT2D eigenvalue weighted by molar-refractivity contribution is 7.80. The summed E-state index contributed by atoms with van der Waals surface area (Å²) in [5, 5.41) is 9.84. The molecule has 0 radical (unpaired) electrons. The van der Waals surface area contributed by atoms with Gasteiger partial charge in [-0.05, 0) is 85.6 Å². The summed E-state index contributed by atoms with van der Waals surface area (Å²) in [4.78, 5) is 0. The molecule has 6 aromatic rings. The van der Waals surface area contributed by atoms with Crippen molar-refractivity contribution < 1.29 is 4.74 Å². The summed E-state index contributed by atoms with van der Waals surface area (Å²) in [6.07, 6.45) is 0. The number of rotatable bonds is 6. The van der Waals surface area contributed by atoms with E-state index < -0.39 is 15.8 Å². The van der Waals surface area contributed by atoms with Gasteiger partial charge in [-0.25, -0.2) is 0 Å². The molecule has 6 aromatic carbocycles. The second-order valence-electron chi connectivity index (χ2n) is 11.6. The van der Waals surface area contributed by atoms with Crippen LogP contribution in [0.2, 0.25) is 20.1 Å². The Morgan fingerprint density at radius 3 is 0.978 bits per heavy atom. The fraction of sp³-hybridized carbons (Fsp3) is 0.0769. The van der Waals surface area contributed by atoms with Gasteiger partial charge < -0.3 is 4.74 Å². The minimum Gasteiger partial charge on any atom is -0.455 e. The van der Waals surface area contributed by atoms with E-state index in [9.17, 15) is 0 Å². The van der Waals surface area contributed by atoms with E-state index in [4.69, 9.17) is 51.1 Å². The Hall–Kier alpha value is -2.86. The Kier molecular flexibility index (Phi) is 8.95. The third-order valence-electron chi connectivity index (χ3n) is 8.36. The molecule has 0 N–H and O–H groups in total. The molecule has 0 saturated carbocycles. The molecule has 1 nitrogen and oxygen atoms in total. The van der Waals surface area contributed by atoms with Crippen LogP contribution in [0.25, 0.3) is 0 Å². The number of para-hydroxylation sites is 2. The second-order valence-corrected chi connectivity index (χ2v) is 17.7. The summed E-state index contributed by atoms with van der Waals surface area (Å²) in [5.74, 6) is 1.82. The predicted octanol–water partition coefficient (Wildman–Crippen LogP) is 10.2. The lowest BCUT2D eigenvalue weighted by molar-refractivity contribution is 0.425. The van der Waals surface area contributed by atoms with Crippen LogP contribution < -0.4 is 36.6 Å². The number of benzene rings is 6. The number of fused-ring (bicyclic) bond motifs is 2. The van der Waals surface area contributed by atoms with Crippen LogP contribution in [-0.4, -0.2) is 0 Å². The first-order chi connectivity index (χ1) is 22.2. The molecule has 0 bridgehead atoms. The van der Waals surface area contributed by atoms with Gasteiger partial charge in [0, 0.05) is 47.2 Å². The average molecular weight is 716 g/mol. The Labute approximate surface area is 292 Å². The van der Waals surface area contributed by atoms with Crippen molar-refractivity contribution >= 4 is 94.1 Å². The third-order valence-corrected chi connectivity index (χ3v) is 14.3. The van der Waals surface area contributed by atoms with E-state index in [1.165, 1.54) is 21.2 Å². The molecule has 0 atom stereocenters. The molecular formula is C39H28Cl4OP2. The van der Waals surface area contributed by atoms with Crippen LogP contribution in [0, 0.1) is 0 Å². The molecule has 0 fully saturated rings. The zero-order valence-corrected chi connectivity index (χ0v) is 29.8. The van der Waals surface area contributed by atoms with Crippen molar-refractivity contribution in [3.8, 4) is 11.5 Å². The first kappa shape index (κ1) is 31.7. The summed E-state index contributed by atoms with van der Waals surface area (Å²) in [6.45, 7) is 4.58. The molecular weight excluding hydrogens is 688 g/mol. The molecule has 228 valence electrons. The molecule has 0 spiro atoms. The van der Waals surface area contributed by atoms with E-state index in [2.05, 4.69) is 98.8 Å². The van der Waals surface area contributed by atoms with E-state index in [1.807, 2.05) is 48.5 Å². The van der Waals surface area contributed by atoms with Crippen LogP contribution in [0.1, 0.15) is 25.0 Å². The molecule has 0 saturated heterocycles. The van der Waals surface area contributed by atoms with Crippen LogP contribution in [-0.2, 0) is 5.41 Å². The van der Waals surface area contributed by atoms with Crippen LogP contribution >= 0.6 is 62.2 Å². The fourth-order valence-electron chi connectivity index (χ4n) is 6.06. The molecule has 46 heavy (non-hydrogen) atoms. The lowest BCUT2D eigenvalue weighted by Gasteiger charge is -2.38. The van der Waals surface area contributed by atoms with Crippen LogP contribution in [0.5, 0.6) is 11.5 Å².